The summed E-state index contributed by atoms with van der Waals surface area (Å²) in [5.74, 6) is -0.0434. The molecule has 7 nitrogen and oxygen atoms in total. The number of carbonyl (C=O) groups excluding carboxylic acids is 1. The summed E-state index contributed by atoms with van der Waals surface area (Å²) in [5.41, 5.74) is 4.71. The lowest BCUT2D eigenvalue weighted by atomic mass is 10.2. The summed E-state index contributed by atoms with van der Waals surface area (Å²) in [7, 11) is 3.99. The Morgan fingerprint density at radius 1 is 0.933 bits per heavy atom. The number of rotatable bonds is 4. The van der Waals surface area contributed by atoms with E-state index in [1.165, 1.54) is 0 Å². The van der Waals surface area contributed by atoms with Crippen molar-refractivity contribution >= 4 is 39.3 Å². The minimum atomic E-state index is -0.308. The van der Waals surface area contributed by atoms with Gasteiger partial charge < -0.3 is 14.6 Å². The molecule has 0 unspecified atom stereocenters. The van der Waals surface area contributed by atoms with Crippen LogP contribution >= 0.6 is 0 Å². The molecule has 0 aliphatic heterocycles. The van der Waals surface area contributed by atoms with Crippen LogP contribution in [0.4, 0.5) is 11.4 Å². The number of nitrogens with one attached hydrogen (secondary N) is 1. The van der Waals surface area contributed by atoms with Gasteiger partial charge in [0.15, 0.2) is 5.76 Å². The van der Waals surface area contributed by atoms with Gasteiger partial charge in [-0.1, -0.05) is 18.2 Å². The van der Waals surface area contributed by atoms with Gasteiger partial charge in [0.25, 0.3) is 5.91 Å². The predicted molar refractivity (Wildman–Crippen MR) is 117 cm³/mol. The highest BCUT2D eigenvalue weighted by Gasteiger charge is 2.13. The van der Waals surface area contributed by atoms with Gasteiger partial charge in [0.05, 0.1) is 5.69 Å². The maximum Gasteiger partial charge on any atom is 0.291 e. The van der Waals surface area contributed by atoms with Crippen LogP contribution in [0.2, 0.25) is 0 Å². The number of furan rings is 1. The predicted octanol–water partition coefficient (Wildman–Crippen LogP) is 4.49. The summed E-state index contributed by atoms with van der Waals surface area (Å²) in [6.45, 7) is 0. The SMILES string of the molecule is CN(C)c1ccc(-n2nc3ccc(NC(=O)c4cc5ccccc5o4)cc3n2)cc1. The van der Waals surface area contributed by atoms with Gasteiger partial charge in [-0.3, -0.25) is 4.79 Å². The van der Waals surface area contributed by atoms with Crippen molar-refractivity contribution in [2.75, 3.05) is 24.3 Å². The molecule has 1 amide bonds. The number of carbonyl (C=O) groups is 1. The van der Waals surface area contributed by atoms with Gasteiger partial charge in [-0.05, 0) is 54.6 Å². The van der Waals surface area contributed by atoms with Crippen LogP contribution in [-0.2, 0) is 0 Å². The summed E-state index contributed by atoms with van der Waals surface area (Å²) in [6.07, 6.45) is 0. The maximum atomic E-state index is 12.6. The van der Waals surface area contributed by atoms with Crippen LogP contribution in [0.5, 0.6) is 0 Å². The molecule has 2 heterocycles. The van der Waals surface area contributed by atoms with Crippen molar-refractivity contribution < 1.29 is 9.21 Å². The number of hydrogen-bond acceptors (Lipinski definition) is 5. The van der Waals surface area contributed by atoms with Crippen LogP contribution in [0.15, 0.2) is 77.2 Å². The molecule has 0 fully saturated rings. The highest BCUT2D eigenvalue weighted by molar-refractivity contribution is 6.05. The van der Waals surface area contributed by atoms with E-state index >= 15 is 0 Å². The van der Waals surface area contributed by atoms with E-state index in [0.717, 1.165) is 22.3 Å². The summed E-state index contributed by atoms with van der Waals surface area (Å²) < 4.78 is 5.63. The molecule has 5 rings (SSSR count). The average Bonchev–Trinajstić information content (AvgIpc) is 3.37. The molecule has 3 aromatic carbocycles. The zero-order valence-electron chi connectivity index (χ0n) is 16.5. The molecular weight excluding hydrogens is 378 g/mol. The van der Waals surface area contributed by atoms with Crippen molar-refractivity contribution in [1.82, 2.24) is 15.0 Å². The standard InChI is InChI=1S/C23H19N5O2/c1-27(2)17-8-10-18(11-9-17)28-25-19-12-7-16(14-20(19)26-28)24-23(29)22-13-15-5-3-4-6-21(15)30-22/h3-14H,1-2H3,(H,24,29). The number of amides is 1. The van der Waals surface area contributed by atoms with Gasteiger partial charge in [0.1, 0.15) is 16.6 Å². The van der Waals surface area contributed by atoms with Crippen molar-refractivity contribution in [3.8, 4) is 5.69 Å². The van der Waals surface area contributed by atoms with Crippen LogP contribution in [0.25, 0.3) is 27.7 Å². The molecule has 0 aliphatic rings. The van der Waals surface area contributed by atoms with Crippen LogP contribution in [-0.4, -0.2) is 35.0 Å². The fraction of sp³-hybridized carbons (Fsp3) is 0.0870. The third-order valence-electron chi connectivity index (χ3n) is 4.88. The van der Waals surface area contributed by atoms with E-state index in [1.807, 2.05) is 73.6 Å². The Morgan fingerprint density at radius 3 is 2.47 bits per heavy atom. The Balaban J connectivity index is 1.40. The lowest BCUT2D eigenvalue weighted by Gasteiger charge is -2.12. The largest absolute Gasteiger partial charge is 0.451 e. The van der Waals surface area contributed by atoms with Crippen molar-refractivity contribution in [3.05, 3.63) is 78.6 Å². The monoisotopic (exact) mass is 397 g/mol. The second-order valence-electron chi connectivity index (χ2n) is 7.21. The molecule has 2 aromatic heterocycles. The number of anilines is 2. The second kappa shape index (κ2) is 7.04. The number of benzene rings is 3. The van der Waals surface area contributed by atoms with Crippen molar-refractivity contribution in [1.29, 1.82) is 0 Å². The van der Waals surface area contributed by atoms with Crippen molar-refractivity contribution in [2.24, 2.45) is 0 Å². The highest BCUT2D eigenvalue weighted by Crippen LogP contribution is 2.22. The van der Waals surface area contributed by atoms with Crippen molar-refractivity contribution in [3.63, 3.8) is 0 Å². The Kier molecular flexibility index (Phi) is 4.21. The molecule has 5 aromatic rings. The van der Waals surface area contributed by atoms with Gasteiger partial charge >= 0.3 is 0 Å². The van der Waals surface area contributed by atoms with Gasteiger partial charge in [0.2, 0.25) is 0 Å². The van der Waals surface area contributed by atoms with E-state index in [4.69, 9.17) is 4.42 Å². The molecule has 7 heteroatoms. The fourth-order valence-corrected chi connectivity index (χ4v) is 3.28. The summed E-state index contributed by atoms with van der Waals surface area (Å²) >= 11 is 0. The van der Waals surface area contributed by atoms with Gasteiger partial charge in [0, 0.05) is 30.9 Å². The Bertz CT molecular complexity index is 1330. The minimum Gasteiger partial charge on any atom is -0.451 e. The molecule has 0 aliphatic carbocycles. The zero-order valence-corrected chi connectivity index (χ0v) is 16.5. The molecule has 0 saturated carbocycles. The molecule has 0 atom stereocenters. The number of aromatic nitrogens is 3. The van der Waals surface area contributed by atoms with Crippen LogP contribution in [0, 0.1) is 0 Å². The average molecular weight is 397 g/mol. The molecule has 0 radical (unpaired) electrons. The van der Waals surface area contributed by atoms with Crippen molar-refractivity contribution in [2.45, 2.75) is 0 Å². The molecule has 0 spiro atoms. The number of hydrogen-bond donors (Lipinski definition) is 1. The maximum absolute atomic E-state index is 12.6. The molecule has 148 valence electrons. The summed E-state index contributed by atoms with van der Waals surface area (Å²) in [6, 6.07) is 22.7. The molecular formula is C23H19N5O2. The van der Waals surface area contributed by atoms with E-state index in [0.29, 0.717) is 16.8 Å². The summed E-state index contributed by atoms with van der Waals surface area (Å²) in [4.78, 5) is 16.2. The van der Waals surface area contributed by atoms with E-state index < -0.39 is 0 Å². The third kappa shape index (κ3) is 3.26. The summed E-state index contributed by atoms with van der Waals surface area (Å²) in [5, 5.41) is 12.8. The van der Waals surface area contributed by atoms with Gasteiger partial charge in [-0.2, -0.15) is 4.80 Å². The Hall–Kier alpha value is -4.13. The highest BCUT2D eigenvalue weighted by atomic mass is 16.3. The first-order valence-corrected chi connectivity index (χ1v) is 9.52. The van der Waals surface area contributed by atoms with Gasteiger partial charge in [-0.25, -0.2) is 0 Å². The lowest BCUT2D eigenvalue weighted by molar-refractivity contribution is 0.0998. The first-order chi connectivity index (χ1) is 14.6. The number of para-hydroxylation sites is 1. The molecule has 0 saturated heterocycles. The topological polar surface area (TPSA) is 76.2 Å². The zero-order chi connectivity index (χ0) is 20.7. The lowest BCUT2D eigenvalue weighted by Crippen LogP contribution is -2.10. The Labute approximate surface area is 172 Å². The van der Waals surface area contributed by atoms with Crippen LogP contribution in [0.3, 0.4) is 0 Å². The smallest absolute Gasteiger partial charge is 0.291 e. The molecule has 1 N–H and O–H groups in total. The number of fused-ring (bicyclic) bond motifs is 2. The quantitative estimate of drug-likeness (QED) is 0.484. The Morgan fingerprint density at radius 2 is 1.70 bits per heavy atom. The third-order valence-corrected chi connectivity index (χ3v) is 4.88. The fourth-order valence-electron chi connectivity index (χ4n) is 3.28. The molecule has 30 heavy (non-hydrogen) atoms. The van der Waals surface area contributed by atoms with Crippen LogP contribution < -0.4 is 10.2 Å². The van der Waals surface area contributed by atoms with Crippen LogP contribution in [0.1, 0.15) is 10.6 Å². The van der Waals surface area contributed by atoms with E-state index in [9.17, 15) is 4.79 Å². The number of nitrogens with zero attached hydrogens (tertiary/aromatic N) is 4. The first-order valence-electron chi connectivity index (χ1n) is 9.52. The second-order valence-corrected chi connectivity index (χ2v) is 7.21. The normalized spacial score (nSPS) is 11.1. The molecule has 0 bridgehead atoms. The first kappa shape index (κ1) is 17.9. The van der Waals surface area contributed by atoms with E-state index in [2.05, 4.69) is 15.5 Å². The minimum absolute atomic E-state index is 0.265. The van der Waals surface area contributed by atoms with E-state index in [-0.39, 0.29) is 11.7 Å². The van der Waals surface area contributed by atoms with Gasteiger partial charge in [-0.15, -0.1) is 10.2 Å². The van der Waals surface area contributed by atoms with E-state index in [1.54, 1.807) is 23.0 Å².